The molecule has 2 atom stereocenters. The second-order valence-electron chi connectivity index (χ2n) is 17.4. The van der Waals surface area contributed by atoms with E-state index >= 15 is 0 Å². The summed E-state index contributed by atoms with van der Waals surface area (Å²) in [6.45, 7) is 3.70. The first-order valence-electron chi connectivity index (χ1n) is 26.0. The maximum atomic E-state index is 12.6. The van der Waals surface area contributed by atoms with E-state index in [1.807, 2.05) is 0 Å². The number of carbonyl (C=O) groups excluding carboxylic acids is 2. The van der Waals surface area contributed by atoms with Gasteiger partial charge in [0.1, 0.15) is 6.61 Å². The van der Waals surface area contributed by atoms with Crippen molar-refractivity contribution >= 4 is 19.8 Å². The van der Waals surface area contributed by atoms with E-state index in [2.05, 4.69) is 50.3 Å². The highest BCUT2D eigenvalue weighted by Gasteiger charge is 2.26. The van der Waals surface area contributed by atoms with Crippen LogP contribution in [0.4, 0.5) is 0 Å². The molecule has 0 amide bonds. The number of carbonyl (C=O) groups is 2. The van der Waals surface area contributed by atoms with Gasteiger partial charge in [0, 0.05) is 19.4 Å². The molecule has 0 rings (SSSR count). The van der Waals surface area contributed by atoms with Gasteiger partial charge in [0.25, 0.3) is 0 Å². The molecule has 0 aliphatic heterocycles. The number of phosphoric acid groups is 1. The van der Waals surface area contributed by atoms with Gasteiger partial charge in [-0.15, -0.1) is 0 Å². The molecule has 0 saturated heterocycles. The molecule has 0 aliphatic carbocycles. The minimum atomic E-state index is -4.38. The van der Waals surface area contributed by atoms with Crippen molar-refractivity contribution in [1.29, 1.82) is 0 Å². The van der Waals surface area contributed by atoms with Crippen LogP contribution in [-0.4, -0.2) is 49.3 Å². The SMILES string of the molecule is CCCC/C=C\C/C=C\CCCCCCCC(=O)OC(COC(=O)CCCCCCCCCCCCCCCCC/C=C\CCCCCCCCCC)COP(=O)(O)OCCN. The molecular weight excluding hydrogens is 798 g/mol. The van der Waals surface area contributed by atoms with Crippen molar-refractivity contribution in [2.24, 2.45) is 5.73 Å². The average Bonchev–Trinajstić information content (AvgIpc) is 3.26. The fourth-order valence-corrected chi connectivity index (χ4v) is 8.12. The third-order valence-electron chi connectivity index (χ3n) is 11.2. The zero-order valence-corrected chi connectivity index (χ0v) is 41.3. The first kappa shape index (κ1) is 60.2. The van der Waals surface area contributed by atoms with E-state index in [0.717, 1.165) is 64.2 Å². The number of unbranched alkanes of at least 4 members (excludes halogenated alkanes) is 30. The average molecular weight is 896 g/mol. The summed E-state index contributed by atoms with van der Waals surface area (Å²) in [5, 5.41) is 0. The van der Waals surface area contributed by atoms with Crippen molar-refractivity contribution in [1.82, 2.24) is 0 Å². The lowest BCUT2D eigenvalue weighted by molar-refractivity contribution is -0.161. The van der Waals surface area contributed by atoms with E-state index in [9.17, 15) is 19.0 Å². The molecule has 62 heavy (non-hydrogen) atoms. The number of phosphoric ester groups is 1. The van der Waals surface area contributed by atoms with E-state index in [4.69, 9.17) is 24.3 Å². The Labute approximate surface area is 382 Å². The first-order chi connectivity index (χ1) is 30.3. The number of hydrogen-bond donors (Lipinski definition) is 2. The Morgan fingerprint density at radius 2 is 0.855 bits per heavy atom. The lowest BCUT2D eigenvalue weighted by Gasteiger charge is -2.19. The van der Waals surface area contributed by atoms with E-state index in [1.165, 1.54) is 154 Å². The summed E-state index contributed by atoms with van der Waals surface area (Å²) in [5.41, 5.74) is 5.36. The van der Waals surface area contributed by atoms with Crippen molar-refractivity contribution in [3.05, 3.63) is 36.5 Å². The predicted molar refractivity (Wildman–Crippen MR) is 261 cm³/mol. The van der Waals surface area contributed by atoms with E-state index < -0.39 is 26.5 Å². The third kappa shape index (κ3) is 47.7. The summed E-state index contributed by atoms with van der Waals surface area (Å²) < 4.78 is 32.9. The standard InChI is InChI=1S/C52H98NO8P/c1-3-5-7-9-11-13-15-17-19-20-21-22-23-24-25-26-27-28-29-30-31-33-34-36-38-40-42-44-51(54)58-48-50(49-60-62(56,57)59-47-46-53)61-52(55)45-43-41-39-37-35-32-18-16-14-12-10-8-6-4-2/h10,12,16,18,20-21,50H,3-9,11,13-15,17,19,22-49,53H2,1-2H3,(H,56,57)/b12-10-,18-16-,21-20-. The summed E-state index contributed by atoms with van der Waals surface area (Å²) in [7, 11) is -4.38. The molecule has 0 aromatic rings. The number of allylic oxidation sites excluding steroid dienone is 6. The highest BCUT2D eigenvalue weighted by Crippen LogP contribution is 2.43. The van der Waals surface area contributed by atoms with Crippen molar-refractivity contribution in [2.45, 2.75) is 258 Å². The fourth-order valence-electron chi connectivity index (χ4n) is 7.35. The lowest BCUT2D eigenvalue weighted by Crippen LogP contribution is -2.29. The van der Waals surface area contributed by atoms with E-state index in [-0.39, 0.29) is 38.6 Å². The van der Waals surface area contributed by atoms with Gasteiger partial charge in [-0.1, -0.05) is 211 Å². The van der Waals surface area contributed by atoms with Crippen LogP contribution in [0.3, 0.4) is 0 Å². The molecule has 0 spiro atoms. The van der Waals surface area contributed by atoms with Gasteiger partial charge in [0.15, 0.2) is 6.10 Å². The lowest BCUT2D eigenvalue weighted by atomic mass is 10.0. The molecule has 0 aromatic carbocycles. The van der Waals surface area contributed by atoms with Crippen molar-refractivity contribution < 1.29 is 37.6 Å². The van der Waals surface area contributed by atoms with Crippen LogP contribution in [0.1, 0.15) is 251 Å². The van der Waals surface area contributed by atoms with Crippen LogP contribution in [0, 0.1) is 0 Å². The maximum absolute atomic E-state index is 12.6. The van der Waals surface area contributed by atoms with Crippen LogP contribution in [0.5, 0.6) is 0 Å². The van der Waals surface area contributed by atoms with Gasteiger partial charge in [-0.3, -0.25) is 18.6 Å². The highest BCUT2D eigenvalue weighted by atomic mass is 31.2. The van der Waals surface area contributed by atoms with Gasteiger partial charge < -0.3 is 20.1 Å². The van der Waals surface area contributed by atoms with Crippen LogP contribution in [0.2, 0.25) is 0 Å². The Bertz CT molecular complexity index is 1110. The molecule has 10 heteroatoms. The second-order valence-corrected chi connectivity index (χ2v) is 18.8. The quantitative estimate of drug-likeness (QED) is 0.0265. The van der Waals surface area contributed by atoms with E-state index in [0.29, 0.717) is 6.42 Å². The van der Waals surface area contributed by atoms with Gasteiger partial charge in [-0.25, -0.2) is 4.57 Å². The Morgan fingerprint density at radius 3 is 1.29 bits per heavy atom. The summed E-state index contributed by atoms with van der Waals surface area (Å²) in [5.74, 6) is -0.836. The van der Waals surface area contributed by atoms with Crippen LogP contribution < -0.4 is 5.73 Å². The van der Waals surface area contributed by atoms with Gasteiger partial charge in [-0.05, 0) is 64.2 Å². The fraction of sp³-hybridized carbons (Fsp3) is 0.846. The minimum absolute atomic E-state index is 0.0514. The second kappa shape index (κ2) is 48.7. The third-order valence-corrected chi connectivity index (χ3v) is 12.2. The summed E-state index contributed by atoms with van der Waals surface area (Å²) in [6.07, 6.45) is 56.3. The predicted octanol–water partition coefficient (Wildman–Crippen LogP) is 15.7. The monoisotopic (exact) mass is 896 g/mol. The summed E-state index contributed by atoms with van der Waals surface area (Å²) in [6, 6.07) is 0. The van der Waals surface area contributed by atoms with Gasteiger partial charge in [-0.2, -0.15) is 0 Å². The van der Waals surface area contributed by atoms with Crippen LogP contribution in [0.15, 0.2) is 36.5 Å². The van der Waals surface area contributed by atoms with E-state index in [1.54, 1.807) is 0 Å². The van der Waals surface area contributed by atoms with Crippen LogP contribution >= 0.6 is 7.82 Å². The molecule has 0 aromatic heterocycles. The molecule has 0 radical (unpaired) electrons. The van der Waals surface area contributed by atoms with Gasteiger partial charge in [0.2, 0.25) is 0 Å². The zero-order valence-electron chi connectivity index (χ0n) is 40.4. The Morgan fingerprint density at radius 1 is 0.484 bits per heavy atom. The number of esters is 2. The van der Waals surface area contributed by atoms with Crippen molar-refractivity contribution in [3.8, 4) is 0 Å². The number of hydrogen-bond acceptors (Lipinski definition) is 8. The smallest absolute Gasteiger partial charge is 0.462 e. The molecule has 364 valence electrons. The first-order valence-corrected chi connectivity index (χ1v) is 27.5. The molecular formula is C52H98NO8P. The Kier molecular flexibility index (Phi) is 47.3. The molecule has 2 unspecified atom stereocenters. The Balaban J connectivity index is 3.94. The largest absolute Gasteiger partial charge is 0.472 e. The summed E-state index contributed by atoms with van der Waals surface area (Å²) >= 11 is 0. The molecule has 0 heterocycles. The number of nitrogens with two attached hydrogens (primary N) is 1. The topological polar surface area (TPSA) is 134 Å². The van der Waals surface area contributed by atoms with Crippen LogP contribution in [-0.2, 0) is 32.7 Å². The Hall–Kier alpha value is -1.77. The van der Waals surface area contributed by atoms with Crippen molar-refractivity contribution in [2.75, 3.05) is 26.4 Å². The highest BCUT2D eigenvalue weighted by molar-refractivity contribution is 7.47. The molecule has 9 nitrogen and oxygen atoms in total. The molecule has 3 N–H and O–H groups in total. The normalized spacial score (nSPS) is 13.4. The molecule has 0 saturated carbocycles. The van der Waals surface area contributed by atoms with Crippen LogP contribution in [0.25, 0.3) is 0 Å². The number of ether oxygens (including phenoxy) is 2. The van der Waals surface area contributed by atoms with Gasteiger partial charge in [0.05, 0.1) is 13.2 Å². The summed E-state index contributed by atoms with van der Waals surface area (Å²) in [4.78, 5) is 35.0. The molecule has 0 bridgehead atoms. The van der Waals surface area contributed by atoms with Crippen molar-refractivity contribution in [3.63, 3.8) is 0 Å². The minimum Gasteiger partial charge on any atom is -0.462 e. The van der Waals surface area contributed by atoms with Gasteiger partial charge >= 0.3 is 19.8 Å². The zero-order chi connectivity index (χ0) is 45.3. The molecule has 0 aliphatic rings. The maximum Gasteiger partial charge on any atom is 0.472 e. The molecule has 0 fully saturated rings. The number of rotatable bonds is 49.